The van der Waals surface area contributed by atoms with Crippen LogP contribution in [0, 0.1) is 5.92 Å². The summed E-state index contributed by atoms with van der Waals surface area (Å²) in [5, 5.41) is 6.53. The van der Waals surface area contributed by atoms with E-state index in [9.17, 15) is 4.79 Å². The molecule has 4 nitrogen and oxygen atoms in total. The Morgan fingerprint density at radius 1 is 1.39 bits per heavy atom. The van der Waals surface area contributed by atoms with E-state index >= 15 is 0 Å². The SMILES string of the molecule is CC(C)N(CC(=O)NC1CC1)CC1CCCNC1. The molecule has 1 heterocycles. The highest BCUT2D eigenvalue weighted by Gasteiger charge is 2.25. The van der Waals surface area contributed by atoms with Gasteiger partial charge in [-0.25, -0.2) is 0 Å². The molecule has 1 atom stereocenters. The number of amides is 1. The van der Waals surface area contributed by atoms with Crippen LogP contribution in [0.2, 0.25) is 0 Å². The maximum absolute atomic E-state index is 11.9. The number of carbonyl (C=O) groups excluding carboxylic acids is 1. The first-order chi connectivity index (χ1) is 8.65. The normalized spacial score (nSPS) is 24.6. The van der Waals surface area contributed by atoms with Crippen LogP contribution in [0.4, 0.5) is 0 Å². The number of nitrogens with one attached hydrogen (secondary N) is 2. The van der Waals surface area contributed by atoms with E-state index in [4.69, 9.17) is 0 Å². The third kappa shape index (κ3) is 4.58. The minimum Gasteiger partial charge on any atom is -0.352 e. The maximum atomic E-state index is 11.9. The highest BCUT2D eigenvalue weighted by molar-refractivity contribution is 5.78. The van der Waals surface area contributed by atoms with Crippen molar-refractivity contribution in [3.8, 4) is 0 Å². The predicted molar refractivity (Wildman–Crippen MR) is 73.5 cm³/mol. The Hall–Kier alpha value is -0.610. The van der Waals surface area contributed by atoms with E-state index in [0.717, 1.165) is 19.6 Å². The summed E-state index contributed by atoms with van der Waals surface area (Å²) in [6.45, 7) is 8.22. The minimum atomic E-state index is 0.204. The second-order valence-corrected chi connectivity index (χ2v) is 6.08. The lowest BCUT2D eigenvalue weighted by molar-refractivity contribution is -0.123. The van der Waals surface area contributed by atoms with Crippen LogP contribution in [-0.4, -0.2) is 49.1 Å². The Morgan fingerprint density at radius 3 is 2.72 bits per heavy atom. The Balaban J connectivity index is 1.76. The summed E-state index contributed by atoms with van der Waals surface area (Å²) in [6, 6.07) is 0.916. The molecule has 1 saturated carbocycles. The first-order valence-electron chi connectivity index (χ1n) is 7.39. The van der Waals surface area contributed by atoms with Crippen molar-refractivity contribution >= 4 is 5.91 Å². The van der Waals surface area contributed by atoms with Gasteiger partial charge in [0.1, 0.15) is 0 Å². The molecule has 4 heteroatoms. The van der Waals surface area contributed by atoms with Gasteiger partial charge in [0.25, 0.3) is 0 Å². The molecule has 1 aliphatic carbocycles. The summed E-state index contributed by atoms with van der Waals surface area (Å²) >= 11 is 0. The highest BCUT2D eigenvalue weighted by atomic mass is 16.2. The summed E-state index contributed by atoms with van der Waals surface area (Å²) in [6.07, 6.45) is 4.89. The Kier molecular flexibility index (Phi) is 5.01. The van der Waals surface area contributed by atoms with Gasteiger partial charge in [-0.2, -0.15) is 0 Å². The standard InChI is InChI=1S/C14H27N3O/c1-11(2)17(9-12-4-3-7-15-8-12)10-14(18)16-13-5-6-13/h11-13,15H,3-10H2,1-2H3,(H,16,18). The van der Waals surface area contributed by atoms with E-state index in [-0.39, 0.29) is 5.91 Å². The van der Waals surface area contributed by atoms with Crippen molar-refractivity contribution in [2.75, 3.05) is 26.2 Å². The van der Waals surface area contributed by atoms with Gasteiger partial charge in [-0.15, -0.1) is 0 Å². The Labute approximate surface area is 110 Å². The van der Waals surface area contributed by atoms with Gasteiger partial charge in [0.05, 0.1) is 6.54 Å². The zero-order chi connectivity index (χ0) is 13.0. The minimum absolute atomic E-state index is 0.204. The van der Waals surface area contributed by atoms with Gasteiger partial charge in [-0.05, 0) is 58.5 Å². The van der Waals surface area contributed by atoms with Crippen molar-refractivity contribution in [1.82, 2.24) is 15.5 Å². The summed E-state index contributed by atoms with van der Waals surface area (Å²) in [4.78, 5) is 14.2. The molecule has 0 radical (unpaired) electrons. The van der Waals surface area contributed by atoms with E-state index in [2.05, 4.69) is 29.4 Å². The van der Waals surface area contributed by atoms with Gasteiger partial charge in [-0.1, -0.05) is 0 Å². The van der Waals surface area contributed by atoms with Crippen molar-refractivity contribution in [2.24, 2.45) is 5.92 Å². The molecule has 1 saturated heterocycles. The Bertz CT molecular complexity index is 270. The number of piperidine rings is 1. The largest absolute Gasteiger partial charge is 0.352 e. The van der Waals surface area contributed by atoms with Crippen LogP contribution in [-0.2, 0) is 4.79 Å². The smallest absolute Gasteiger partial charge is 0.234 e. The lowest BCUT2D eigenvalue weighted by atomic mass is 9.98. The molecule has 0 bridgehead atoms. The fraction of sp³-hybridized carbons (Fsp3) is 0.929. The molecule has 0 spiro atoms. The lowest BCUT2D eigenvalue weighted by Gasteiger charge is -2.32. The van der Waals surface area contributed by atoms with Gasteiger partial charge in [0.15, 0.2) is 0 Å². The average molecular weight is 253 g/mol. The molecule has 18 heavy (non-hydrogen) atoms. The number of carbonyl (C=O) groups is 1. The zero-order valence-electron chi connectivity index (χ0n) is 11.7. The second kappa shape index (κ2) is 6.53. The van der Waals surface area contributed by atoms with Crippen molar-refractivity contribution in [2.45, 2.75) is 51.6 Å². The third-order valence-corrected chi connectivity index (χ3v) is 3.91. The quantitative estimate of drug-likeness (QED) is 0.741. The summed E-state index contributed by atoms with van der Waals surface area (Å²) < 4.78 is 0. The molecule has 2 N–H and O–H groups in total. The second-order valence-electron chi connectivity index (χ2n) is 6.08. The molecule has 1 amide bonds. The summed E-state index contributed by atoms with van der Waals surface area (Å²) in [5.41, 5.74) is 0. The van der Waals surface area contributed by atoms with Crippen LogP contribution in [0.3, 0.4) is 0 Å². The Morgan fingerprint density at radius 2 is 2.17 bits per heavy atom. The molecule has 0 aromatic rings. The lowest BCUT2D eigenvalue weighted by Crippen LogP contribution is -2.46. The number of nitrogens with zero attached hydrogens (tertiary/aromatic N) is 1. The highest BCUT2D eigenvalue weighted by Crippen LogP contribution is 2.19. The number of rotatable bonds is 6. The van der Waals surface area contributed by atoms with E-state index in [1.165, 1.54) is 25.7 Å². The van der Waals surface area contributed by atoms with Gasteiger partial charge in [-0.3, -0.25) is 9.69 Å². The van der Waals surface area contributed by atoms with Crippen molar-refractivity contribution in [3.63, 3.8) is 0 Å². The van der Waals surface area contributed by atoms with Gasteiger partial charge >= 0.3 is 0 Å². The molecule has 1 aliphatic heterocycles. The molecule has 1 unspecified atom stereocenters. The predicted octanol–water partition coefficient (Wildman–Crippen LogP) is 0.975. The molecule has 2 aliphatic rings. The van der Waals surface area contributed by atoms with Crippen LogP contribution in [0.1, 0.15) is 39.5 Å². The monoisotopic (exact) mass is 253 g/mol. The molecule has 2 fully saturated rings. The molecule has 0 aromatic heterocycles. The number of hydrogen-bond acceptors (Lipinski definition) is 3. The fourth-order valence-electron chi connectivity index (χ4n) is 2.55. The van der Waals surface area contributed by atoms with Crippen LogP contribution >= 0.6 is 0 Å². The first-order valence-corrected chi connectivity index (χ1v) is 7.39. The van der Waals surface area contributed by atoms with Crippen molar-refractivity contribution in [3.05, 3.63) is 0 Å². The summed E-state index contributed by atoms with van der Waals surface area (Å²) in [5.74, 6) is 0.907. The average Bonchev–Trinajstić information content (AvgIpc) is 3.13. The molecule has 2 rings (SSSR count). The van der Waals surface area contributed by atoms with Crippen LogP contribution in [0.5, 0.6) is 0 Å². The van der Waals surface area contributed by atoms with Gasteiger partial charge in [0, 0.05) is 18.6 Å². The van der Waals surface area contributed by atoms with Crippen molar-refractivity contribution in [1.29, 1.82) is 0 Å². The maximum Gasteiger partial charge on any atom is 0.234 e. The number of hydrogen-bond donors (Lipinski definition) is 2. The van der Waals surface area contributed by atoms with Crippen LogP contribution in [0.25, 0.3) is 0 Å². The first kappa shape index (κ1) is 13.8. The van der Waals surface area contributed by atoms with E-state index in [0.29, 0.717) is 24.5 Å². The zero-order valence-corrected chi connectivity index (χ0v) is 11.7. The topological polar surface area (TPSA) is 44.4 Å². The molecule has 0 aromatic carbocycles. The molecular weight excluding hydrogens is 226 g/mol. The van der Waals surface area contributed by atoms with Crippen LogP contribution < -0.4 is 10.6 Å². The van der Waals surface area contributed by atoms with E-state index < -0.39 is 0 Å². The molecular formula is C14H27N3O. The fourth-order valence-corrected chi connectivity index (χ4v) is 2.55. The van der Waals surface area contributed by atoms with Crippen molar-refractivity contribution < 1.29 is 4.79 Å². The molecule has 104 valence electrons. The summed E-state index contributed by atoms with van der Waals surface area (Å²) in [7, 11) is 0. The van der Waals surface area contributed by atoms with Gasteiger partial charge < -0.3 is 10.6 Å². The van der Waals surface area contributed by atoms with Crippen LogP contribution in [0.15, 0.2) is 0 Å². The van der Waals surface area contributed by atoms with Gasteiger partial charge in [0.2, 0.25) is 5.91 Å². The van der Waals surface area contributed by atoms with E-state index in [1.54, 1.807) is 0 Å². The van der Waals surface area contributed by atoms with E-state index in [1.807, 2.05) is 0 Å². The third-order valence-electron chi connectivity index (χ3n) is 3.91.